The Morgan fingerprint density at radius 3 is 2.94 bits per heavy atom. The second kappa shape index (κ2) is 5.04. The molecule has 5 nitrogen and oxygen atoms in total. The molecule has 2 amide bonds. The number of carbonyl (C=O) groups is 2. The highest BCUT2D eigenvalue weighted by atomic mass is 35.5. The van der Waals surface area contributed by atoms with Gasteiger partial charge in [0, 0.05) is 6.07 Å². The zero-order valence-corrected chi connectivity index (χ0v) is 10.9. The van der Waals surface area contributed by atoms with Gasteiger partial charge >= 0.3 is 0 Å². The molecule has 1 aliphatic heterocycles. The van der Waals surface area contributed by atoms with Gasteiger partial charge in [0.2, 0.25) is 5.91 Å². The van der Waals surface area contributed by atoms with Gasteiger partial charge < -0.3 is 15.4 Å². The van der Waals surface area contributed by atoms with Crippen molar-refractivity contribution in [1.82, 2.24) is 0 Å². The first kappa shape index (κ1) is 13.0. The Balaban J connectivity index is 2.28. The molecule has 2 N–H and O–H groups in total. The lowest BCUT2D eigenvalue weighted by atomic mass is 10.2. The molecule has 0 aromatic heterocycles. The van der Waals surface area contributed by atoms with Crippen molar-refractivity contribution in [2.75, 3.05) is 17.2 Å². The minimum Gasteiger partial charge on any atom is -0.482 e. The Hall–Kier alpha value is -1.46. The molecule has 2 rings (SSSR count). The maximum Gasteiger partial charge on any atom is 0.262 e. The molecule has 0 bridgehead atoms. The summed E-state index contributed by atoms with van der Waals surface area (Å²) in [5.41, 5.74) is 0.872. The fourth-order valence-corrected chi connectivity index (χ4v) is 1.69. The first-order valence-electron chi connectivity index (χ1n) is 5.18. The van der Waals surface area contributed by atoms with E-state index in [0.29, 0.717) is 22.1 Å². The zero-order valence-electron chi connectivity index (χ0n) is 9.42. The van der Waals surface area contributed by atoms with Gasteiger partial charge in [-0.2, -0.15) is 0 Å². The van der Waals surface area contributed by atoms with E-state index in [-0.39, 0.29) is 18.4 Å². The van der Waals surface area contributed by atoms with E-state index >= 15 is 0 Å². The molecule has 18 heavy (non-hydrogen) atoms. The van der Waals surface area contributed by atoms with Crippen molar-refractivity contribution in [2.24, 2.45) is 0 Å². The van der Waals surface area contributed by atoms with E-state index in [0.717, 1.165) is 0 Å². The van der Waals surface area contributed by atoms with Crippen molar-refractivity contribution in [3.8, 4) is 5.75 Å². The molecule has 96 valence electrons. The Morgan fingerprint density at radius 2 is 2.28 bits per heavy atom. The van der Waals surface area contributed by atoms with Gasteiger partial charge in [0.05, 0.1) is 16.4 Å². The van der Waals surface area contributed by atoms with Crippen LogP contribution in [0.4, 0.5) is 11.4 Å². The highest BCUT2D eigenvalue weighted by Gasteiger charge is 2.19. The Labute approximate surface area is 113 Å². The summed E-state index contributed by atoms with van der Waals surface area (Å²) >= 11 is 11.6. The number of ether oxygens (including phenoxy) is 1. The number of hydrogen-bond acceptors (Lipinski definition) is 3. The zero-order chi connectivity index (χ0) is 13.3. The molecule has 1 aliphatic rings. The standard InChI is InChI=1S/C11H10Cl2N2O3/c1-5(12)11(17)15-7-3-9-8(2-6(7)13)14-10(16)4-18-9/h2-3,5H,4H2,1H3,(H,14,16)(H,15,17). The van der Waals surface area contributed by atoms with Crippen molar-refractivity contribution in [2.45, 2.75) is 12.3 Å². The third kappa shape index (κ3) is 2.68. The number of fused-ring (bicyclic) bond motifs is 1. The summed E-state index contributed by atoms with van der Waals surface area (Å²) in [7, 11) is 0. The van der Waals surface area contributed by atoms with Gasteiger partial charge in [-0.15, -0.1) is 11.6 Å². The second-order valence-electron chi connectivity index (χ2n) is 3.77. The van der Waals surface area contributed by atoms with Crippen molar-refractivity contribution in [3.05, 3.63) is 17.2 Å². The summed E-state index contributed by atoms with van der Waals surface area (Å²) in [6, 6.07) is 3.07. The maximum atomic E-state index is 11.5. The molecule has 0 spiro atoms. The lowest BCUT2D eigenvalue weighted by molar-refractivity contribution is -0.118. The second-order valence-corrected chi connectivity index (χ2v) is 4.83. The van der Waals surface area contributed by atoms with Crippen LogP contribution in [0, 0.1) is 0 Å². The van der Waals surface area contributed by atoms with Gasteiger partial charge in [0.15, 0.2) is 6.61 Å². The smallest absolute Gasteiger partial charge is 0.262 e. The molecule has 1 unspecified atom stereocenters. The van der Waals surface area contributed by atoms with Crippen LogP contribution in [0.3, 0.4) is 0 Å². The lowest BCUT2D eigenvalue weighted by Crippen LogP contribution is -2.26. The average molecular weight is 289 g/mol. The van der Waals surface area contributed by atoms with Crippen LogP contribution in [0.2, 0.25) is 5.02 Å². The van der Waals surface area contributed by atoms with Gasteiger partial charge in [-0.05, 0) is 13.0 Å². The summed E-state index contributed by atoms with van der Waals surface area (Å²) in [5, 5.41) is 4.82. The largest absolute Gasteiger partial charge is 0.482 e. The molecule has 0 aliphatic carbocycles. The topological polar surface area (TPSA) is 67.4 Å². The number of anilines is 2. The summed E-state index contributed by atoms with van der Waals surface area (Å²) in [5.74, 6) is -0.153. The van der Waals surface area contributed by atoms with Crippen LogP contribution >= 0.6 is 23.2 Å². The van der Waals surface area contributed by atoms with Gasteiger partial charge in [-0.1, -0.05) is 11.6 Å². The quantitative estimate of drug-likeness (QED) is 0.820. The van der Waals surface area contributed by atoms with Crippen LogP contribution in [0.5, 0.6) is 5.75 Å². The summed E-state index contributed by atoms with van der Waals surface area (Å²) in [6.45, 7) is 1.49. The predicted molar refractivity (Wildman–Crippen MR) is 69.5 cm³/mol. The molecular formula is C11H10Cl2N2O3. The summed E-state index contributed by atoms with van der Waals surface area (Å²) < 4.78 is 5.22. The van der Waals surface area contributed by atoms with E-state index in [2.05, 4.69) is 10.6 Å². The lowest BCUT2D eigenvalue weighted by Gasteiger charge is -2.19. The monoisotopic (exact) mass is 288 g/mol. The minimum atomic E-state index is -0.669. The van der Waals surface area contributed by atoms with E-state index in [4.69, 9.17) is 27.9 Å². The number of amides is 2. The van der Waals surface area contributed by atoms with Crippen LogP contribution in [0.15, 0.2) is 12.1 Å². The van der Waals surface area contributed by atoms with Crippen molar-refractivity contribution in [1.29, 1.82) is 0 Å². The van der Waals surface area contributed by atoms with Gasteiger partial charge in [0.1, 0.15) is 11.1 Å². The molecule has 1 aromatic rings. The summed E-state index contributed by atoms with van der Waals surface area (Å²) in [4.78, 5) is 22.6. The van der Waals surface area contributed by atoms with Crippen molar-refractivity contribution < 1.29 is 14.3 Å². The Bertz CT molecular complexity index is 517. The number of rotatable bonds is 2. The third-order valence-electron chi connectivity index (χ3n) is 2.32. The van der Waals surface area contributed by atoms with Gasteiger partial charge in [-0.25, -0.2) is 0 Å². The molecule has 0 saturated heterocycles. The number of hydrogen-bond donors (Lipinski definition) is 2. The van der Waals surface area contributed by atoms with E-state index in [1.807, 2.05) is 0 Å². The van der Waals surface area contributed by atoms with Crippen LogP contribution < -0.4 is 15.4 Å². The van der Waals surface area contributed by atoms with E-state index in [1.165, 1.54) is 6.07 Å². The van der Waals surface area contributed by atoms with Crippen molar-refractivity contribution in [3.63, 3.8) is 0 Å². The molecule has 0 radical (unpaired) electrons. The Kier molecular flexibility index (Phi) is 3.63. The first-order chi connectivity index (χ1) is 8.47. The molecular weight excluding hydrogens is 279 g/mol. The number of benzene rings is 1. The molecule has 1 aromatic carbocycles. The SMILES string of the molecule is CC(Cl)C(=O)Nc1cc2c(cc1Cl)NC(=O)CO2. The van der Waals surface area contributed by atoms with E-state index < -0.39 is 5.38 Å². The maximum absolute atomic E-state index is 11.5. The van der Waals surface area contributed by atoms with E-state index in [9.17, 15) is 9.59 Å². The Morgan fingerprint density at radius 1 is 1.56 bits per heavy atom. The van der Waals surface area contributed by atoms with Crippen molar-refractivity contribution >= 4 is 46.4 Å². The number of alkyl halides is 1. The first-order valence-corrected chi connectivity index (χ1v) is 6.00. The number of nitrogens with one attached hydrogen (secondary N) is 2. The predicted octanol–water partition coefficient (Wildman–Crippen LogP) is 2.24. The fourth-order valence-electron chi connectivity index (χ4n) is 1.43. The third-order valence-corrected chi connectivity index (χ3v) is 2.83. The van der Waals surface area contributed by atoms with Crippen LogP contribution in [0.1, 0.15) is 6.92 Å². The fraction of sp³-hybridized carbons (Fsp3) is 0.273. The molecule has 7 heteroatoms. The van der Waals surface area contributed by atoms with Gasteiger partial charge in [-0.3, -0.25) is 9.59 Å². The van der Waals surface area contributed by atoms with E-state index in [1.54, 1.807) is 13.0 Å². The average Bonchev–Trinajstić information content (AvgIpc) is 2.30. The molecule has 1 heterocycles. The number of carbonyl (C=O) groups excluding carboxylic acids is 2. The van der Waals surface area contributed by atoms with Crippen LogP contribution in [0.25, 0.3) is 0 Å². The highest BCUT2D eigenvalue weighted by molar-refractivity contribution is 6.36. The number of halogens is 2. The van der Waals surface area contributed by atoms with Gasteiger partial charge in [0.25, 0.3) is 5.91 Å². The molecule has 1 atom stereocenters. The molecule has 0 fully saturated rings. The van der Waals surface area contributed by atoms with Crippen LogP contribution in [-0.4, -0.2) is 23.8 Å². The summed E-state index contributed by atoms with van der Waals surface area (Å²) in [6.07, 6.45) is 0. The molecule has 0 saturated carbocycles. The highest BCUT2D eigenvalue weighted by Crippen LogP contribution is 2.36. The van der Waals surface area contributed by atoms with Crippen LogP contribution in [-0.2, 0) is 9.59 Å². The minimum absolute atomic E-state index is 0.0616. The normalized spacial score (nSPS) is 15.2.